The van der Waals surface area contributed by atoms with E-state index >= 15 is 0 Å². The highest BCUT2D eigenvalue weighted by Crippen LogP contribution is 2.43. The van der Waals surface area contributed by atoms with E-state index in [9.17, 15) is 4.79 Å². The number of amides is 1. The molecule has 2 saturated carbocycles. The molecule has 2 aromatic rings. The van der Waals surface area contributed by atoms with Gasteiger partial charge in [-0.1, -0.05) is 12.5 Å². The van der Waals surface area contributed by atoms with Crippen molar-refractivity contribution < 1.29 is 9.53 Å². The van der Waals surface area contributed by atoms with E-state index in [2.05, 4.69) is 34.7 Å². The number of H-pyrrole nitrogens is 1. The zero-order valence-electron chi connectivity index (χ0n) is 15.3. The average Bonchev–Trinajstić information content (AvgIpc) is 3.19. The van der Waals surface area contributed by atoms with Gasteiger partial charge in [0.15, 0.2) is 0 Å². The Kier molecular flexibility index (Phi) is 4.24. The Morgan fingerprint density at radius 1 is 1.08 bits per heavy atom. The van der Waals surface area contributed by atoms with Crippen LogP contribution in [0.4, 0.5) is 0 Å². The van der Waals surface area contributed by atoms with Gasteiger partial charge in [-0.25, -0.2) is 0 Å². The van der Waals surface area contributed by atoms with Crippen molar-refractivity contribution in [2.24, 2.45) is 0 Å². The number of fused-ring (bicyclic) bond motifs is 1. The lowest BCUT2D eigenvalue weighted by molar-refractivity contribution is -0.131. The SMILES string of the molecule is O=C(N[C@H]1CCC[C@@H](c2c[nH]c3ccc(C4CC4)cc23)C1)[C@@H]1CCCO1. The summed E-state index contributed by atoms with van der Waals surface area (Å²) in [6.45, 7) is 0.726. The summed E-state index contributed by atoms with van der Waals surface area (Å²) in [5, 5.41) is 4.66. The van der Waals surface area contributed by atoms with Gasteiger partial charge < -0.3 is 15.0 Å². The molecule has 2 N–H and O–H groups in total. The van der Waals surface area contributed by atoms with Crippen LogP contribution in [0.25, 0.3) is 10.9 Å². The lowest BCUT2D eigenvalue weighted by Gasteiger charge is -2.30. The lowest BCUT2D eigenvalue weighted by Crippen LogP contribution is -2.43. The van der Waals surface area contributed by atoms with E-state index in [4.69, 9.17) is 4.74 Å². The number of benzene rings is 1. The number of nitrogens with one attached hydrogen (secondary N) is 2. The monoisotopic (exact) mass is 352 g/mol. The molecule has 2 aliphatic carbocycles. The van der Waals surface area contributed by atoms with Crippen LogP contribution in [-0.4, -0.2) is 29.6 Å². The predicted molar refractivity (Wildman–Crippen MR) is 102 cm³/mol. The first-order valence-electron chi connectivity index (χ1n) is 10.3. The number of ether oxygens (including phenoxy) is 1. The molecule has 3 atom stereocenters. The number of rotatable bonds is 4. The summed E-state index contributed by atoms with van der Waals surface area (Å²) in [6, 6.07) is 7.22. The molecule has 0 bridgehead atoms. The van der Waals surface area contributed by atoms with Crippen LogP contribution in [0.15, 0.2) is 24.4 Å². The summed E-state index contributed by atoms with van der Waals surface area (Å²) in [5.41, 5.74) is 4.19. The maximum atomic E-state index is 12.4. The number of carbonyl (C=O) groups excluding carboxylic acids is 1. The van der Waals surface area contributed by atoms with Crippen molar-refractivity contribution in [2.45, 2.75) is 75.3 Å². The van der Waals surface area contributed by atoms with Crippen LogP contribution in [-0.2, 0) is 9.53 Å². The second-order valence-corrected chi connectivity index (χ2v) is 8.39. The van der Waals surface area contributed by atoms with E-state index in [1.807, 2.05) is 0 Å². The molecule has 3 fully saturated rings. The molecule has 1 aliphatic heterocycles. The molecular weight excluding hydrogens is 324 g/mol. The van der Waals surface area contributed by atoms with Crippen molar-refractivity contribution in [2.75, 3.05) is 6.61 Å². The molecule has 4 nitrogen and oxygen atoms in total. The third kappa shape index (κ3) is 3.16. The number of hydrogen-bond donors (Lipinski definition) is 2. The van der Waals surface area contributed by atoms with E-state index in [0.717, 1.165) is 38.2 Å². The molecule has 0 unspecified atom stereocenters. The minimum atomic E-state index is -0.218. The molecule has 0 radical (unpaired) electrons. The van der Waals surface area contributed by atoms with Crippen molar-refractivity contribution >= 4 is 16.8 Å². The molecule has 138 valence electrons. The predicted octanol–water partition coefficient (Wildman–Crippen LogP) is 4.37. The van der Waals surface area contributed by atoms with Gasteiger partial charge >= 0.3 is 0 Å². The van der Waals surface area contributed by atoms with E-state index < -0.39 is 0 Å². The number of hydrogen-bond acceptors (Lipinski definition) is 2. The minimum absolute atomic E-state index is 0.100. The summed E-state index contributed by atoms with van der Waals surface area (Å²) >= 11 is 0. The highest BCUT2D eigenvalue weighted by molar-refractivity contribution is 5.85. The van der Waals surface area contributed by atoms with Crippen LogP contribution in [0, 0.1) is 0 Å². The Morgan fingerprint density at radius 2 is 2.00 bits per heavy atom. The lowest BCUT2D eigenvalue weighted by atomic mass is 9.81. The van der Waals surface area contributed by atoms with Crippen LogP contribution in [0.1, 0.15) is 74.3 Å². The second kappa shape index (κ2) is 6.73. The summed E-state index contributed by atoms with van der Waals surface area (Å²) in [4.78, 5) is 15.9. The molecule has 1 aromatic heterocycles. The van der Waals surface area contributed by atoms with Crippen molar-refractivity contribution in [3.8, 4) is 0 Å². The fourth-order valence-corrected chi connectivity index (χ4v) is 4.85. The Balaban J connectivity index is 1.32. The first-order chi connectivity index (χ1) is 12.8. The Morgan fingerprint density at radius 3 is 2.81 bits per heavy atom. The van der Waals surface area contributed by atoms with Gasteiger partial charge in [-0.2, -0.15) is 0 Å². The Labute approximate surface area is 154 Å². The van der Waals surface area contributed by atoms with E-state index in [1.165, 1.54) is 47.7 Å². The molecule has 0 spiro atoms. The average molecular weight is 352 g/mol. The van der Waals surface area contributed by atoms with Crippen LogP contribution in [0.3, 0.4) is 0 Å². The fraction of sp³-hybridized carbons (Fsp3) is 0.591. The number of carbonyl (C=O) groups is 1. The normalized spacial score (nSPS) is 29.2. The van der Waals surface area contributed by atoms with E-state index in [0.29, 0.717) is 5.92 Å². The third-order valence-electron chi connectivity index (χ3n) is 6.47. The standard InChI is InChI=1S/C22H28N2O2/c25-22(21-5-2-10-26-21)24-17-4-1-3-16(11-17)19-13-23-20-9-8-15(12-18(19)20)14-6-7-14/h8-9,12-14,16-17,21,23H,1-7,10-11H2,(H,24,25)/t16-,17+,21+/m1/s1. The Hall–Kier alpha value is -1.81. The summed E-state index contributed by atoms with van der Waals surface area (Å²) in [5.74, 6) is 1.41. The second-order valence-electron chi connectivity index (χ2n) is 8.39. The van der Waals surface area contributed by atoms with E-state index in [1.54, 1.807) is 0 Å². The summed E-state index contributed by atoms with van der Waals surface area (Å²) in [7, 11) is 0. The highest BCUT2D eigenvalue weighted by Gasteiger charge is 2.30. The van der Waals surface area contributed by atoms with E-state index in [-0.39, 0.29) is 18.1 Å². The smallest absolute Gasteiger partial charge is 0.249 e. The molecule has 1 amide bonds. The van der Waals surface area contributed by atoms with Gasteiger partial charge in [-0.05, 0) is 80.0 Å². The zero-order chi connectivity index (χ0) is 17.5. The summed E-state index contributed by atoms with van der Waals surface area (Å²) in [6.07, 6.45) is 11.1. The van der Waals surface area contributed by atoms with Gasteiger partial charge in [0.25, 0.3) is 0 Å². The van der Waals surface area contributed by atoms with Crippen LogP contribution in [0.2, 0.25) is 0 Å². The summed E-state index contributed by atoms with van der Waals surface area (Å²) < 4.78 is 5.54. The minimum Gasteiger partial charge on any atom is -0.368 e. The fourth-order valence-electron chi connectivity index (χ4n) is 4.85. The van der Waals surface area contributed by atoms with Gasteiger partial charge in [-0.3, -0.25) is 4.79 Å². The molecule has 2 heterocycles. The number of aromatic nitrogens is 1. The zero-order valence-corrected chi connectivity index (χ0v) is 15.3. The molecule has 26 heavy (non-hydrogen) atoms. The first-order valence-corrected chi connectivity index (χ1v) is 10.3. The van der Waals surface area contributed by atoms with Gasteiger partial charge in [0, 0.05) is 29.7 Å². The number of aromatic amines is 1. The van der Waals surface area contributed by atoms with Gasteiger partial charge in [-0.15, -0.1) is 0 Å². The third-order valence-corrected chi connectivity index (χ3v) is 6.47. The largest absolute Gasteiger partial charge is 0.368 e. The van der Waals surface area contributed by atoms with Gasteiger partial charge in [0.1, 0.15) is 6.10 Å². The van der Waals surface area contributed by atoms with Crippen LogP contribution >= 0.6 is 0 Å². The highest BCUT2D eigenvalue weighted by atomic mass is 16.5. The maximum absolute atomic E-state index is 12.4. The molecule has 3 aliphatic rings. The molecule has 5 rings (SSSR count). The van der Waals surface area contributed by atoms with Gasteiger partial charge in [0.05, 0.1) is 0 Å². The van der Waals surface area contributed by atoms with Gasteiger partial charge in [0.2, 0.25) is 5.91 Å². The maximum Gasteiger partial charge on any atom is 0.249 e. The van der Waals surface area contributed by atoms with Crippen LogP contribution in [0.5, 0.6) is 0 Å². The van der Waals surface area contributed by atoms with Crippen molar-refractivity contribution in [3.63, 3.8) is 0 Å². The first kappa shape index (κ1) is 16.4. The van der Waals surface area contributed by atoms with Crippen molar-refractivity contribution in [3.05, 3.63) is 35.5 Å². The molecule has 1 aromatic carbocycles. The molecule has 4 heteroatoms. The quantitative estimate of drug-likeness (QED) is 0.859. The molecular formula is C22H28N2O2. The van der Waals surface area contributed by atoms with Crippen molar-refractivity contribution in [1.82, 2.24) is 10.3 Å². The van der Waals surface area contributed by atoms with Crippen LogP contribution < -0.4 is 5.32 Å². The topological polar surface area (TPSA) is 54.1 Å². The van der Waals surface area contributed by atoms with Crippen molar-refractivity contribution in [1.29, 1.82) is 0 Å². The molecule has 1 saturated heterocycles. The Bertz CT molecular complexity index is 802.